The topological polar surface area (TPSA) is 38.7 Å². The van der Waals surface area contributed by atoms with Crippen molar-refractivity contribution in [3.63, 3.8) is 0 Å². The van der Waals surface area contributed by atoms with Gasteiger partial charge in [-0.3, -0.25) is 0 Å². The molecule has 0 radical (unpaired) electrons. The molecule has 8 aromatic carbocycles. The van der Waals surface area contributed by atoms with E-state index in [-0.39, 0.29) is 0 Å². The van der Waals surface area contributed by atoms with Crippen LogP contribution in [0.5, 0.6) is 0 Å². The molecular formula is C50H33N3. The number of hydrogen-bond acceptors (Lipinski definition) is 3. The number of fused-ring (bicyclic) bond motifs is 4. The Balaban J connectivity index is 1.18. The van der Waals surface area contributed by atoms with Gasteiger partial charge in [0.15, 0.2) is 17.5 Å². The smallest absolute Gasteiger partial charge is 0.164 e. The summed E-state index contributed by atoms with van der Waals surface area (Å²) in [7, 11) is 0. The van der Waals surface area contributed by atoms with Gasteiger partial charge in [0.25, 0.3) is 0 Å². The summed E-state index contributed by atoms with van der Waals surface area (Å²) in [6, 6.07) is 71.2. The average molecular weight is 676 g/mol. The highest BCUT2D eigenvalue weighted by Crippen LogP contribution is 2.56. The highest BCUT2D eigenvalue weighted by atomic mass is 15.0. The zero-order chi connectivity index (χ0) is 35.2. The fraction of sp³-hybridized carbons (Fsp3) is 0.0200. The van der Waals surface area contributed by atoms with Gasteiger partial charge in [0.1, 0.15) is 0 Å². The summed E-state index contributed by atoms with van der Waals surface area (Å²) in [6.07, 6.45) is 0. The van der Waals surface area contributed by atoms with E-state index in [0.29, 0.717) is 17.5 Å². The quantitative estimate of drug-likeness (QED) is 0.176. The Morgan fingerprint density at radius 2 is 0.736 bits per heavy atom. The molecule has 0 amide bonds. The molecule has 0 aliphatic heterocycles. The summed E-state index contributed by atoms with van der Waals surface area (Å²) in [6.45, 7) is 0. The lowest BCUT2D eigenvalue weighted by atomic mass is 9.67. The third-order valence-corrected chi connectivity index (χ3v) is 10.6. The van der Waals surface area contributed by atoms with E-state index in [0.717, 1.165) is 27.5 Å². The molecule has 1 heterocycles. The van der Waals surface area contributed by atoms with Gasteiger partial charge in [-0.25, -0.2) is 15.0 Å². The summed E-state index contributed by atoms with van der Waals surface area (Å²) >= 11 is 0. The van der Waals surface area contributed by atoms with Gasteiger partial charge in [0.05, 0.1) is 5.41 Å². The third kappa shape index (κ3) is 5.01. The standard InChI is InChI=1S/C50H33N3/c1-5-17-34(18-6-1)47-51-48(35-19-7-2-8-20-35)53-49(52-47)44-29-16-27-40-39(26-15-28-41(40)44)36-31-32-43-42-25-13-14-30-45(42)50(46(43)33-36,37-21-9-3-10-22-37)38-23-11-4-12-24-38/h1-33H. The number of benzene rings is 8. The molecule has 3 nitrogen and oxygen atoms in total. The fourth-order valence-corrected chi connectivity index (χ4v) is 8.30. The Morgan fingerprint density at radius 3 is 1.34 bits per heavy atom. The minimum atomic E-state index is -0.466. The maximum absolute atomic E-state index is 5.09. The number of aromatic nitrogens is 3. The zero-order valence-electron chi connectivity index (χ0n) is 28.9. The molecule has 9 aromatic rings. The molecule has 0 saturated heterocycles. The average Bonchev–Trinajstić information content (AvgIpc) is 3.54. The second-order valence-corrected chi connectivity index (χ2v) is 13.5. The molecule has 1 aliphatic carbocycles. The minimum Gasteiger partial charge on any atom is -0.208 e. The van der Waals surface area contributed by atoms with Crippen LogP contribution in [0.1, 0.15) is 22.3 Å². The summed E-state index contributed by atoms with van der Waals surface area (Å²) in [5, 5.41) is 2.24. The van der Waals surface area contributed by atoms with Crippen LogP contribution in [0.25, 0.3) is 67.2 Å². The molecule has 0 saturated carbocycles. The Labute approximate surface area is 309 Å². The molecule has 0 bridgehead atoms. The van der Waals surface area contributed by atoms with Crippen molar-refractivity contribution in [3.8, 4) is 56.4 Å². The minimum absolute atomic E-state index is 0.466. The molecule has 0 N–H and O–H groups in total. The van der Waals surface area contributed by atoms with Crippen LogP contribution in [0.2, 0.25) is 0 Å². The lowest BCUT2D eigenvalue weighted by Crippen LogP contribution is -2.28. The summed E-state index contributed by atoms with van der Waals surface area (Å²) < 4.78 is 0. The van der Waals surface area contributed by atoms with Crippen LogP contribution in [-0.4, -0.2) is 15.0 Å². The van der Waals surface area contributed by atoms with Crippen LogP contribution in [0.15, 0.2) is 200 Å². The Bertz CT molecular complexity index is 2660. The normalized spacial score (nSPS) is 12.7. The molecule has 1 aromatic heterocycles. The monoisotopic (exact) mass is 675 g/mol. The van der Waals surface area contributed by atoms with Crippen LogP contribution < -0.4 is 0 Å². The van der Waals surface area contributed by atoms with Crippen molar-refractivity contribution in [2.45, 2.75) is 5.41 Å². The summed E-state index contributed by atoms with van der Waals surface area (Å²) in [4.78, 5) is 15.1. The van der Waals surface area contributed by atoms with Crippen LogP contribution in [0, 0.1) is 0 Å². The summed E-state index contributed by atoms with van der Waals surface area (Å²) in [5.74, 6) is 1.95. The largest absolute Gasteiger partial charge is 0.208 e. The molecule has 0 atom stereocenters. The van der Waals surface area contributed by atoms with Crippen LogP contribution >= 0.6 is 0 Å². The van der Waals surface area contributed by atoms with Crippen LogP contribution in [-0.2, 0) is 5.41 Å². The number of rotatable bonds is 6. The van der Waals surface area contributed by atoms with Gasteiger partial charge in [-0.1, -0.05) is 194 Å². The van der Waals surface area contributed by atoms with E-state index in [4.69, 9.17) is 15.0 Å². The molecule has 248 valence electrons. The van der Waals surface area contributed by atoms with E-state index >= 15 is 0 Å². The van der Waals surface area contributed by atoms with Gasteiger partial charge in [0.2, 0.25) is 0 Å². The predicted octanol–water partition coefficient (Wildman–Crippen LogP) is 12.1. The Morgan fingerprint density at radius 1 is 0.283 bits per heavy atom. The molecule has 10 rings (SSSR count). The van der Waals surface area contributed by atoms with Gasteiger partial charge < -0.3 is 0 Å². The van der Waals surface area contributed by atoms with Gasteiger partial charge in [-0.2, -0.15) is 0 Å². The SMILES string of the molecule is c1ccc(-c2nc(-c3ccccc3)nc(-c3cccc4c(-c5ccc6c(c5)C(c5ccccc5)(c5ccccc5)c5ccccc5-6)cccc34)n2)cc1. The van der Waals surface area contributed by atoms with Crippen molar-refractivity contribution in [2.24, 2.45) is 0 Å². The molecular weight excluding hydrogens is 643 g/mol. The van der Waals surface area contributed by atoms with Gasteiger partial charge in [-0.15, -0.1) is 0 Å². The second-order valence-electron chi connectivity index (χ2n) is 13.5. The van der Waals surface area contributed by atoms with Gasteiger partial charge >= 0.3 is 0 Å². The first-order valence-corrected chi connectivity index (χ1v) is 18.0. The first-order chi connectivity index (χ1) is 26.3. The third-order valence-electron chi connectivity index (χ3n) is 10.6. The highest BCUT2D eigenvalue weighted by Gasteiger charge is 2.46. The first-order valence-electron chi connectivity index (χ1n) is 18.0. The fourth-order valence-electron chi connectivity index (χ4n) is 8.30. The van der Waals surface area contributed by atoms with Crippen molar-refractivity contribution in [1.29, 1.82) is 0 Å². The van der Waals surface area contributed by atoms with Gasteiger partial charge in [0, 0.05) is 16.7 Å². The highest BCUT2D eigenvalue weighted by molar-refractivity contribution is 6.04. The van der Waals surface area contributed by atoms with E-state index in [1.54, 1.807) is 0 Å². The second kappa shape index (κ2) is 12.7. The van der Waals surface area contributed by atoms with Gasteiger partial charge in [-0.05, 0) is 61.3 Å². The van der Waals surface area contributed by atoms with E-state index in [2.05, 4.69) is 140 Å². The molecule has 0 spiro atoms. The molecule has 0 fully saturated rings. The van der Waals surface area contributed by atoms with Crippen LogP contribution in [0.4, 0.5) is 0 Å². The lowest BCUT2D eigenvalue weighted by Gasteiger charge is -2.34. The van der Waals surface area contributed by atoms with E-state index < -0.39 is 5.41 Å². The van der Waals surface area contributed by atoms with Crippen molar-refractivity contribution in [3.05, 3.63) is 222 Å². The Kier molecular flexibility index (Phi) is 7.36. The van der Waals surface area contributed by atoms with E-state index in [1.807, 2.05) is 60.7 Å². The molecule has 0 unspecified atom stereocenters. The van der Waals surface area contributed by atoms with Crippen LogP contribution in [0.3, 0.4) is 0 Å². The Hall–Kier alpha value is -6.97. The number of nitrogens with zero attached hydrogens (tertiary/aromatic N) is 3. The zero-order valence-corrected chi connectivity index (χ0v) is 28.9. The van der Waals surface area contributed by atoms with Crippen molar-refractivity contribution < 1.29 is 0 Å². The van der Waals surface area contributed by atoms with Crippen molar-refractivity contribution >= 4 is 10.8 Å². The molecule has 3 heteroatoms. The predicted molar refractivity (Wildman–Crippen MR) is 216 cm³/mol. The molecule has 1 aliphatic rings. The van der Waals surface area contributed by atoms with E-state index in [9.17, 15) is 0 Å². The molecule has 53 heavy (non-hydrogen) atoms. The maximum Gasteiger partial charge on any atom is 0.164 e. The number of hydrogen-bond donors (Lipinski definition) is 0. The maximum atomic E-state index is 5.09. The van der Waals surface area contributed by atoms with Crippen molar-refractivity contribution in [2.75, 3.05) is 0 Å². The first kappa shape index (κ1) is 30.8. The van der Waals surface area contributed by atoms with Crippen molar-refractivity contribution in [1.82, 2.24) is 15.0 Å². The summed E-state index contributed by atoms with van der Waals surface area (Å²) in [5.41, 5.74) is 12.4. The van der Waals surface area contributed by atoms with E-state index in [1.165, 1.54) is 44.5 Å². The lowest BCUT2D eigenvalue weighted by molar-refractivity contribution is 0.769.